The molecule has 0 radical (unpaired) electrons. The molecular weight excluding hydrogens is 412 g/mol. The monoisotopic (exact) mass is 420 g/mol. The molecule has 0 saturated carbocycles. The van der Waals surface area contributed by atoms with E-state index in [1.165, 1.54) is 11.6 Å². The molecule has 3 rings (SSSR count). The summed E-state index contributed by atoms with van der Waals surface area (Å²) in [5, 5.41) is 0. The fourth-order valence-electron chi connectivity index (χ4n) is 2.47. The number of alkyl halides is 3. The zero-order valence-electron chi connectivity index (χ0n) is 12.5. The second kappa shape index (κ2) is 5.83. The van der Waals surface area contributed by atoms with E-state index in [4.69, 9.17) is 0 Å². The summed E-state index contributed by atoms with van der Waals surface area (Å²) in [5.41, 5.74) is -2.95. The summed E-state index contributed by atoms with van der Waals surface area (Å²) >= 11 is 3.08. The second-order valence-corrected chi connectivity index (χ2v) is 5.97. The Morgan fingerprint density at radius 2 is 1.96 bits per heavy atom. The van der Waals surface area contributed by atoms with Gasteiger partial charge in [0.15, 0.2) is 15.9 Å². The number of H-pyrrole nitrogens is 1. The molecular formula is C14H9BrF4N4O2. The number of nitrogens with one attached hydrogen (secondary N) is 1. The fraction of sp³-hybridized carbons (Fsp3) is 0.214. The summed E-state index contributed by atoms with van der Waals surface area (Å²) in [7, 11) is 1.36. The molecule has 3 aromatic rings. The van der Waals surface area contributed by atoms with Gasteiger partial charge in [-0.25, -0.2) is 14.2 Å². The Labute approximate surface area is 144 Å². The predicted octanol–water partition coefficient (Wildman–Crippen LogP) is 2.39. The van der Waals surface area contributed by atoms with Gasteiger partial charge in [-0.3, -0.25) is 14.3 Å². The Hall–Kier alpha value is -2.43. The van der Waals surface area contributed by atoms with Gasteiger partial charge in [-0.1, -0.05) is 6.07 Å². The van der Waals surface area contributed by atoms with Crippen LogP contribution in [0.3, 0.4) is 0 Å². The molecule has 0 fully saturated rings. The van der Waals surface area contributed by atoms with Crippen LogP contribution in [-0.2, 0) is 19.8 Å². The van der Waals surface area contributed by atoms with Crippen molar-refractivity contribution in [2.24, 2.45) is 7.05 Å². The molecule has 2 aromatic heterocycles. The van der Waals surface area contributed by atoms with E-state index in [1.807, 2.05) is 0 Å². The summed E-state index contributed by atoms with van der Waals surface area (Å²) < 4.78 is 55.0. The van der Waals surface area contributed by atoms with Crippen LogP contribution in [0, 0.1) is 5.82 Å². The number of aromatic amines is 1. The molecule has 132 valence electrons. The number of fused-ring (bicyclic) bond motifs is 1. The number of aromatic nitrogens is 4. The maximum absolute atomic E-state index is 13.2. The van der Waals surface area contributed by atoms with Crippen molar-refractivity contribution in [1.29, 1.82) is 0 Å². The summed E-state index contributed by atoms with van der Waals surface area (Å²) in [6.07, 6.45) is -4.76. The molecule has 0 bridgehead atoms. The lowest BCUT2D eigenvalue weighted by atomic mass is 10.1. The van der Waals surface area contributed by atoms with Crippen molar-refractivity contribution in [2.45, 2.75) is 12.7 Å². The number of benzene rings is 1. The van der Waals surface area contributed by atoms with E-state index in [2.05, 4.69) is 25.9 Å². The highest BCUT2D eigenvalue weighted by Crippen LogP contribution is 2.33. The number of halogens is 5. The van der Waals surface area contributed by atoms with Crippen molar-refractivity contribution >= 4 is 27.1 Å². The Kier molecular flexibility index (Phi) is 4.06. The van der Waals surface area contributed by atoms with Crippen LogP contribution in [0.4, 0.5) is 17.6 Å². The number of hydrogen-bond acceptors (Lipinski definition) is 3. The van der Waals surface area contributed by atoms with Crippen LogP contribution in [0.2, 0.25) is 0 Å². The number of rotatable bonds is 2. The smallest absolute Gasteiger partial charge is 0.308 e. The molecule has 1 N–H and O–H groups in total. The number of aryl methyl sites for hydroxylation is 1. The molecule has 0 amide bonds. The van der Waals surface area contributed by atoms with Crippen LogP contribution in [0.25, 0.3) is 11.2 Å². The van der Waals surface area contributed by atoms with Crippen molar-refractivity contribution in [3.05, 3.63) is 60.7 Å². The predicted molar refractivity (Wildman–Crippen MR) is 83.8 cm³/mol. The normalized spacial score (nSPS) is 12.1. The third-order valence-corrected chi connectivity index (χ3v) is 4.27. The van der Waals surface area contributed by atoms with Crippen molar-refractivity contribution in [2.75, 3.05) is 0 Å². The van der Waals surface area contributed by atoms with Gasteiger partial charge in [0.25, 0.3) is 5.56 Å². The maximum atomic E-state index is 13.2. The molecule has 0 aliphatic heterocycles. The minimum absolute atomic E-state index is 0.0105. The van der Waals surface area contributed by atoms with Crippen LogP contribution >= 0.6 is 15.9 Å². The third-order valence-electron chi connectivity index (χ3n) is 3.67. The summed E-state index contributed by atoms with van der Waals surface area (Å²) in [6.45, 7) is -0.395. The van der Waals surface area contributed by atoms with E-state index in [1.54, 1.807) is 0 Å². The van der Waals surface area contributed by atoms with Crippen LogP contribution in [0.5, 0.6) is 0 Å². The van der Waals surface area contributed by atoms with Crippen molar-refractivity contribution in [3.63, 3.8) is 0 Å². The first-order valence-corrected chi connectivity index (χ1v) is 7.59. The average molecular weight is 421 g/mol. The zero-order chi connectivity index (χ0) is 18.5. The van der Waals surface area contributed by atoms with Crippen molar-refractivity contribution in [3.8, 4) is 0 Å². The Morgan fingerprint density at radius 3 is 2.60 bits per heavy atom. The molecule has 0 unspecified atom stereocenters. The van der Waals surface area contributed by atoms with E-state index >= 15 is 0 Å². The third kappa shape index (κ3) is 2.99. The lowest BCUT2D eigenvalue weighted by molar-refractivity contribution is -0.138. The highest BCUT2D eigenvalue weighted by atomic mass is 79.9. The topological polar surface area (TPSA) is 72.7 Å². The molecule has 0 atom stereocenters. The standard InChI is InChI=1S/C14H9BrF4N4O2/c1-22-10-9(11(24)21-13(22)25)23(12(15)20-10)5-6-2-3-7(16)4-8(6)14(17,18)19/h2-4H,5H2,1H3,(H,21,24,25). The highest BCUT2D eigenvalue weighted by Gasteiger charge is 2.34. The molecule has 0 aliphatic rings. The lowest BCUT2D eigenvalue weighted by Gasteiger charge is -2.14. The first-order valence-electron chi connectivity index (χ1n) is 6.80. The molecule has 11 heteroatoms. The van der Waals surface area contributed by atoms with Gasteiger partial charge in [0.2, 0.25) is 0 Å². The zero-order valence-corrected chi connectivity index (χ0v) is 14.1. The van der Waals surface area contributed by atoms with Gasteiger partial charge in [-0.05, 0) is 33.6 Å². The molecule has 0 aliphatic carbocycles. The van der Waals surface area contributed by atoms with Crippen LogP contribution in [0.15, 0.2) is 32.5 Å². The average Bonchev–Trinajstić information content (AvgIpc) is 2.83. The minimum Gasteiger partial charge on any atom is -0.308 e. The first kappa shape index (κ1) is 17.4. The number of imidazole rings is 1. The van der Waals surface area contributed by atoms with Gasteiger partial charge < -0.3 is 4.57 Å². The molecule has 6 nitrogen and oxygen atoms in total. The molecule has 1 aromatic carbocycles. The SMILES string of the molecule is Cn1c(=O)[nH]c(=O)c2c1nc(Br)n2Cc1ccc(F)cc1C(F)(F)F. The first-order chi connectivity index (χ1) is 11.6. The summed E-state index contributed by atoms with van der Waals surface area (Å²) in [5.74, 6) is -1.02. The second-order valence-electron chi connectivity index (χ2n) is 5.26. The van der Waals surface area contributed by atoms with Gasteiger partial charge in [-0.2, -0.15) is 13.2 Å². The van der Waals surface area contributed by atoms with Crippen LogP contribution < -0.4 is 11.2 Å². The molecule has 0 spiro atoms. The van der Waals surface area contributed by atoms with E-state index in [0.29, 0.717) is 6.07 Å². The number of nitrogens with zero attached hydrogens (tertiary/aromatic N) is 3. The molecule has 0 saturated heterocycles. The van der Waals surface area contributed by atoms with Gasteiger partial charge >= 0.3 is 11.9 Å². The van der Waals surface area contributed by atoms with Gasteiger partial charge in [0.1, 0.15) is 5.82 Å². The fourth-order valence-corrected chi connectivity index (χ4v) is 2.94. The number of hydrogen-bond donors (Lipinski definition) is 1. The Bertz CT molecular complexity index is 1100. The van der Waals surface area contributed by atoms with Crippen molar-refractivity contribution in [1.82, 2.24) is 19.1 Å². The van der Waals surface area contributed by atoms with Crippen LogP contribution in [-0.4, -0.2) is 19.1 Å². The summed E-state index contributed by atoms with van der Waals surface area (Å²) in [6, 6.07) is 2.28. The Balaban J connectivity index is 2.24. The lowest BCUT2D eigenvalue weighted by Crippen LogP contribution is -2.29. The van der Waals surface area contributed by atoms with E-state index in [9.17, 15) is 27.2 Å². The van der Waals surface area contributed by atoms with Crippen LogP contribution in [0.1, 0.15) is 11.1 Å². The minimum atomic E-state index is -4.76. The molecule has 2 heterocycles. The largest absolute Gasteiger partial charge is 0.416 e. The highest BCUT2D eigenvalue weighted by molar-refractivity contribution is 9.10. The van der Waals surface area contributed by atoms with E-state index in [0.717, 1.165) is 16.7 Å². The quantitative estimate of drug-likeness (QED) is 0.511. The summed E-state index contributed by atoms with van der Waals surface area (Å²) in [4.78, 5) is 29.8. The van der Waals surface area contributed by atoms with Gasteiger partial charge in [-0.15, -0.1) is 0 Å². The Morgan fingerprint density at radius 1 is 1.28 bits per heavy atom. The molecule has 25 heavy (non-hydrogen) atoms. The van der Waals surface area contributed by atoms with Gasteiger partial charge in [0.05, 0.1) is 12.1 Å². The van der Waals surface area contributed by atoms with Gasteiger partial charge in [0, 0.05) is 7.05 Å². The van der Waals surface area contributed by atoms with E-state index in [-0.39, 0.29) is 21.5 Å². The van der Waals surface area contributed by atoms with Crippen molar-refractivity contribution < 1.29 is 17.6 Å². The van der Waals surface area contributed by atoms with E-state index < -0.39 is 35.4 Å². The maximum Gasteiger partial charge on any atom is 0.416 e.